The summed E-state index contributed by atoms with van der Waals surface area (Å²) in [6.07, 6.45) is 2.45. The van der Waals surface area contributed by atoms with E-state index in [2.05, 4.69) is 84.4 Å². The quantitative estimate of drug-likeness (QED) is 0.741. The van der Waals surface area contributed by atoms with Crippen molar-refractivity contribution in [1.82, 2.24) is 10.2 Å². The highest BCUT2D eigenvalue weighted by atomic mass is 16.5. The van der Waals surface area contributed by atoms with Gasteiger partial charge in [0, 0.05) is 45.0 Å². The summed E-state index contributed by atoms with van der Waals surface area (Å²) in [5, 5.41) is 3.37. The van der Waals surface area contributed by atoms with Crippen molar-refractivity contribution in [1.29, 1.82) is 0 Å². The molecule has 0 saturated carbocycles. The summed E-state index contributed by atoms with van der Waals surface area (Å²) in [4.78, 5) is 4.94. The largest absolute Gasteiger partial charge is 0.379 e. The first-order chi connectivity index (χ1) is 15.1. The summed E-state index contributed by atoms with van der Waals surface area (Å²) >= 11 is 0. The van der Waals surface area contributed by atoms with Crippen LogP contribution in [0.3, 0.4) is 0 Å². The average Bonchev–Trinajstić information content (AvgIpc) is 2.82. The SMILES string of the molecule is CC(C)c1ccc(N2CCNCC2)cc1.Cc1ccc(CCCN2CCOCC2)cc1. The molecule has 0 atom stereocenters. The molecule has 4 rings (SSSR count). The topological polar surface area (TPSA) is 27.7 Å². The van der Waals surface area contributed by atoms with E-state index in [-0.39, 0.29) is 0 Å². The second kappa shape index (κ2) is 12.8. The summed E-state index contributed by atoms with van der Waals surface area (Å²) < 4.78 is 5.34. The molecule has 0 unspecified atom stereocenters. The molecule has 2 aromatic carbocycles. The van der Waals surface area contributed by atoms with Gasteiger partial charge in [-0.05, 0) is 55.5 Å². The molecule has 31 heavy (non-hydrogen) atoms. The Hall–Kier alpha value is -1.88. The van der Waals surface area contributed by atoms with Gasteiger partial charge < -0.3 is 15.0 Å². The van der Waals surface area contributed by atoms with Crippen molar-refractivity contribution in [2.75, 3.05) is 63.9 Å². The minimum absolute atomic E-state index is 0.627. The van der Waals surface area contributed by atoms with Crippen molar-refractivity contribution in [3.63, 3.8) is 0 Å². The molecule has 2 fully saturated rings. The number of nitrogens with zero attached hydrogens (tertiary/aromatic N) is 2. The second-order valence-electron chi connectivity index (χ2n) is 9.03. The van der Waals surface area contributed by atoms with E-state index in [9.17, 15) is 0 Å². The smallest absolute Gasteiger partial charge is 0.0594 e. The number of hydrogen-bond acceptors (Lipinski definition) is 4. The van der Waals surface area contributed by atoms with Crippen molar-refractivity contribution in [3.8, 4) is 0 Å². The third kappa shape index (κ3) is 8.29. The van der Waals surface area contributed by atoms with Gasteiger partial charge in [0.05, 0.1) is 13.2 Å². The van der Waals surface area contributed by atoms with Gasteiger partial charge in [-0.15, -0.1) is 0 Å². The summed E-state index contributed by atoms with van der Waals surface area (Å²) in [5.41, 5.74) is 5.59. The molecule has 4 heteroatoms. The Kier molecular flexibility index (Phi) is 9.85. The first-order valence-electron chi connectivity index (χ1n) is 12.0. The standard InChI is InChI=1S/C14H21NO.C13H20N2/c1-13-4-6-14(7-5-13)3-2-8-15-9-11-16-12-10-15;1-11(2)12-3-5-13(6-4-12)15-9-7-14-8-10-15/h4-7H,2-3,8-12H2,1H3;3-6,11,14H,7-10H2,1-2H3. The van der Waals surface area contributed by atoms with Crippen LogP contribution in [-0.2, 0) is 11.2 Å². The molecule has 1 N–H and O–H groups in total. The first-order valence-corrected chi connectivity index (χ1v) is 12.0. The molecule has 0 bridgehead atoms. The molecular weight excluding hydrogens is 382 g/mol. The molecule has 2 aliphatic rings. The van der Waals surface area contributed by atoms with Gasteiger partial charge in [0.1, 0.15) is 0 Å². The van der Waals surface area contributed by atoms with Gasteiger partial charge in [-0.1, -0.05) is 55.8 Å². The number of rotatable bonds is 6. The minimum Gasteiger partial charge on any atom is -0.379 e. The van der Waals surface area contributed by atoms with Gasteiger partial charge in [-0.25, -0.2) is 0 Å². The molecule has 0 amide bonds. The Labute approximate surface area is 189 Å². The highest BCUT2D eigenvalue weighted by Crippen LogP contribution is 2.20. The highest BCUT2D eigenvalue weighted by Gasteiger charge is 2.10. The average molecular weight is 424 g/mol. The lowest BCUT2D eigenvalue weighted by molar-refractivity contribution is 0.0375. The Morgan fingerprint density at radius 3 is 2.13 bits per heavy atom. The zero-order valence-corrected chi connectivity index (χ0v) is 19.8. The molecule has 0 aromatic heterocycles. The predicted molar refractivity (Wildman–Crippen MR) is 132 cm³/mol. The van der Waals surface area contributed by atoms with E-state index >= 15 is 0 Å². The van der Waals surface area contributed by atoms with Gasteiger partial charge in [0.2, 0.25) is 0 Å². The fourth-order valence-electron chi connectivity index (χ4n) is 4.08. The number of benzene rings is 2. The van der Waals surface area contributed by atoms with Gasteiger partial charge >= 0.3 is 0 Å². The number of ether oxygens (including phenoxy) is 1. The molecule has 0 aliphatic carbocycles. The number of aryl methyl sites for hydroxylation is 2. The maximum atomic E-state index is 5.34. The van der Waals surface area contributed by atoms with Gasteiger partial charge in [-0.2, -0.15) is 0 Å². The van der Waals surface area contributed by atoms with Crippen LogP contribution in [0.25, 0.3) is 0 Å². The minimum atomic E-state index is 0.627. The maximum absolute atomic E-state index is 5.34. The van der Waals surface area contributed by atoms with Gasteiger partial charge in [0.25, 0.3) is 0 Å². The van der Waals surface area contributed by atoms with E-state index in [4.69, 9.17) is 4.74 Å². The Morgan fingerprint density at radius 1 is 0.871 bits per heavy atom. The Morgan fingerprint density at radius 2 is 1.52 bits per heavy atom. The van der Waals surface area contributed by atoms with Crippen LogP contribution in [0.2, 0.25) is 0 Å². The van der Waals surface area contributed by atoms with Crippen molar-refractivity contribution in [2.24, 2.45) is 0 Å². The van der Waals surface area contributed by atoms with Crippen LogP contribution in [0.1, 0.15) is 42.9 Å². The molecule has 2 aliphatic heterocycles. The number of morpholine rings is 1. The zero-order chi connectivity index (χ0) is 21.9. The molecule has 2 saturated heterocycles. The Balaban J connectivity index is 0.000000176. The van der Waals surface area contributed by atoms with Crippen molar-refractivity contribution < 1.29 is 4.74 Å². The number of piperazine rings is 1. The number of nitrogens with one attached hydrogen (secondary N) is 1. The highest BCUT2D eigenvalue weighted by molar-refractivity contribution is 5.48. The third-order valence-electron chi connectivity index (χ3n) is 6.21. The zero-order valence-electron chi connectivity index (χ0n) is 19.8. The monoisotopic (exact) mass is 423 g/mol. The fraction of sp³-hybridized carbons (Fsp3) is 0.556. The lowest BCUT2D eigenvalue weighted by Gasteiger charge is -2.29. The maximum Gasteiger partial charge on any atom is 0.0594 e. The summed E-state index contributed by atoms with van der Waals surface area (Å²) in [7, 11) is 0. The molecule has 170 valence electrons. The summed E-state index contributed by atoms with van der Waals surface area (Å²) in [6.45, 7) is 16.3. The fourth-order valence-corrected chi connectivity index (χ4v) is 4.08. The number of anilines is 1. The lowest BCUT2D eigenvalue weighted by Crippen LogP contribution is -2.43. The molecule has 4 nitrogen and oxygen atoms in total. The van der Waals surface area contributed by atoms with E-state index in [0.717, 1.165) is 52.5 Å². The number of hydrogen-bond donors (Lipinski definition) is 1. The van der Waals surface area contributed by atoms with Crippen LogP contribution >= 0.6 is 0 Å². The summed E-state index contributed by atoms with van der Waals surface area (Å²) in [6, 6.07) is 17.9. The molecule has 0 spiro atoms. The van der Waals surface area contributed by atoms with Crippen molar-refractivity contribution >= 4 is 5.69 Å². The van der Waals surface area contributed by atoms with E-state index in [0.29, 0.717) is 5.92 Å². The Bertz CT molecular complexity index is 730. The second-order valence-corrected chi connectivity index (χ2v) is 9.03. The lowest BCUT2D eigenvalue weighted by atomic mass is 10.0. The molecule has 2 aromatic rings. The van der Waals surface area contributed by atoms with Crippen LogP contribution < -0.4 is 10.2 Å². The predicted octanol–water partition coefficient (Wildman–Crippen LogP) is 4.48. The normalized spacial score (nSPS) is 17.4. The molecular formula is C27H41N3O. The molecule has 0 radical (unpaired) electrons. The van der Waals surface area contributed by atoms with Gasteiger partial charge in [-0.3, -0.25) is 4.90 Å². The van der Waals surface area contributed by atoms with Crippen LogP contribution in [0.4, 0.5) is 5.69 Å². The van der Waals surface area contributed by atoms with Crippen LogP contribution in [0.5, 0.6) is 0 Å². The van der Waals surface area contributed by atoms with Crippen LogP contribution in [0, 0.1) is 6.92 Å². The van der Waals surface area contributed by atoms with Crippen molar-refractivity contribution in [3.05, 3.63) is 65.2 Å². The summed E-state index contributed by atoms with van der Waals surface area (Å²) in [5.74, 6) is 0.627. The third-order valence-corrected chi connectivity index (χ3v) is 6.21. The molecule has 2 heterocycles. The van der Waals surface area contributed by atoms with E-state index in [1.165, 1.54) is 41.8 Å². The van der Waals surface area contributed by atoms with Crippen LogP contribution in [-0.4, -0.2) is 63.9 Å². The van der Waals surface area contributed by atoms with Gasteiger partial charge in [0.15, 0.2) is 0 Å². The van der Waals surface area contributed by atoms with Crippen molar-refractivity contribution in [2.45, 2.75) is 39.5 Å². The van der Waals surface area contributed by atoms with Crippen LogP contribution in [0.15, 0.2) is 48.5 Å². The van der Waals surface area contributed by atoms with E-state index in [1.54, 1.807) is 0 Å². The first kappa shape index (κ1) is 23.8. The van der Waals surface area contributed by atoms with E-state index < -0.39 is 0 Å². The van der Waals surface area contributed by atoms with E-state index in [1.807, 2.05) is 0 Å².